The molecule has 2 aromatic rings. The fraction of sp³-hybridized carbons (Fsp3) is 0.591. The lowest BCUT2D eigenvalue weighted by Crippen LogP contribution is -2.33. The fourth-order valence-corrected chi connectivity index (χ4v) is 4.52. The fourth-order valence-electron chi connectivity index (χ4n) is 4.52. The molecule has 1 amide bonds. The highest BCUT2D eigenvalue weighted by atomic mass is 35.5. The van der Waals surface area contributed by atoms with E-state index in [0.717, 1.165) is 43.7 Å². The van der Waals surface area contributed by atoms with E-state index < -0.39 is 0 Å². The van der Waals surface area contributed by atoms with Crippen molar-refractivity contribution in [2.24, 2.45) is 0 Å². The van der Waals surface area contributed by atoms with E-state index in [1.165, 1.54) is 32.1 Å². The van der Waals surface area contributed by atoms with Gasteiger partial charge in [0.05, 0.1) is 12.2 Å². The van der Waals surface area contributed by atoms with E-state index in [0.29, 0.717) is 17.8 Å². The first-order chi connectivity index (χ1) is 14.2. The molecule has 0 radical (unpaired) electrons. The molecular weight excluding hydrogens is 435 g/mol. The van der Waals surface area contributed by atoms with Gasteiger partial charge in [-0.3, -0.25) is 9.69 Å². The molecule has 0 unspecified atom stereocenters. The summed E-state index contributed by atoms with van der Waals surface area (Å²) in [5.74, 6) is -0.196. The molecule has 1 saturated carbocycles. The van der Waals surface area contributed by atoms with Gasteiger partial charge in [0.25, 0.3) is 5.91 Å². The first-order valence-electron chi connectivity index (χ1n) is 10.9. The van der Waals surface area contributed by atoms with Crippen molar-refractivity contribution in [1.29, 1.82) is 0 Å². The van der Waals surface area contributed by atoms with Gasteiger partial charge in [0.1, 0.15) is 0 Å². The number of hydrogen-bond donors (Lipinski definition) is 2. The number of carbonyl (C=O) groups excluding carboxylic acids is 1. The standard InChI is InChI=1S/C22H32N6O.2ClH/c1-27(18-8-3-2-4-9-18)15-17-7-5-6-10-20(17)24-22(29)21-16-28(26-25-21)19-11-13-23-14-12-19;;/h5-7,10,16,18-19,23H,2-4,8-9,11-15H2,1H3,(H,24,29);2*1H. The Bertz CT molecular complexity index is 818. The maximum Gasteiger partial charge on any atom is 0.277 e. The Balaban J connectivity index is 0.00000171. The Hall–Kier alpha value is -1.67. The third kappa shape index (κ3) is 6.65. The first kappa shape index (κ1) is 25.6. The van der Waals surface area contributed by atoms with E-state index in [-0.39, 0.29) is 30.7 Å². The maximum atomic E-state index is 12.8. The van der Waals surface area contributed by atoms with Crippen molar-refractivity contribution in [2.75, 3.05) is 25.5 Å². The number of piperidine rings is 1. The van der Waals surface area contributed by atoms with Crippen LogP contribution in [0.1, 0.15) is 67.0 Å². The number of aromatic nitrogens is 3. The Morgan fingerprint density at radius 3 is 2.58 bits per heavy atom. The van der Waals surface area contributed by atoms with Crippen LogP contribution in [-0.2, 0) is 6.54 Å². The molecule has 7 nitrogen and oxygen atoms in total. The molecule has 1 saturated heterocycles. The van der Waals surface area contributed by atoms with Gasteiger partial charge in [0, 0.05) is 18.3 Å². The van der Waals surface area contributed by atoms with Gasteiger partial charge in [0.2, 0.25) is 0 Å². The van der Waals surface area contributed by atoms with Gasteiger partial charge < -0.3 is 10.6 Å². The van der Waals surface area contributed by atoms with Crippen molar-refractivity contribution in [3.8, 4) is 0 Å². The van der Waals surface area contributed by atoms with Gasteiger partial charge in [-0.25, -0.2) is 4.68 Å². The van der Waals surface area contributed by atoms with Crippen LogP contribution in [0.25, 0.3) is 0 Å². The Morgan fingerprint density at radius 2 is 1.84 bits per heavy atom. The number of nitrogens with one attached hydrogen (secondary N) is 2. The minimum atomic E-state index is -0.196. The number of amides is 1. The number of para-hydroxylation sites is 1. The molecule has 1 aromatic heterocycles. The van der Waals surface area contributed by atoms with Crippen LogP contribution in [0.5, 0.6) is 0 Å². The molecule has 1 aromatic carbocycles. The lowest BCUT2D eigenvalue weighted by atomic mass is 9.94. The van der Waals surface area contributed by atoms with Crippen LogP contribution in [-0.4, -0.2) is 52.0 Å². The van der Waals surface area contributed by atoms with Crippen molar-refractivity contribution in [3.05, 3.63) is 41.7 Å². The normalized spacial score (nSPS) is 17.6. The molecule has 2 N–H and O–H groups in total. The predicted octanol–water partition coefficient (Wildman–Crippen LogP) is 4.06. The van der Waals surface area contributed by atoms with Crippen molar-refractivity contribution >= 4 is 36.4 Å². The summed E-state index contributed by atoms with van der Waals surface area (Å²) in [7, 11) is 2.19. The Morgan fingerprint density at radius 1 is 1.13 bits per heavy atom. The number of benzene rings is 1. The molecule has 9 heteroatoms. The summed E-state index contributed by atoms with van der Waals surface area (Å²) < 4.78 is 1.85. The molecule has 1 aliphatic heterocycles. The molecule has 4 rings (SSSR count). The zero-order chi connectivity index (χ0) is 20.1. The van der Waals surface area contributed by atoms with Crippen LogP contribution in [0.15, 0.2) is 30.5 Å². The maximum absolute atomic E-state index is 12.8. The van der Waals surface area contributed by atoms with Gasteiger partial charge >= 0.3 is 0 Å². The minimum Gasteiger partial charge on any atom is -0.320 e. The SMILES string of the molecule is CN(Cc1ccccc1NC(=O)c1cn(C2CCNCC2)nn1)C1CCCCC1.Cl.Cl. The van der Waals surface area contributed by atoms with Gasteiger partial charge in [0.15, 0.2) is 5.69 Å². The Labute approximate surface area is 197 Å². The third-order valence-corrected chi connectivity index (χ3v) is 6.31. The number of halogens is 2. The Kier molecular flexibility index (Phi) is 10.2. The van der Waals surface area contributed by atoms with Crippen LogP contribution in [0.3, 0.4) is 0 Å². The average molecular weight is 469 g/mol. The van der Waals surface area contributed by atoms with Gasteiger partial charge in [-0.2, -0.15) is 0 Å². The monoisotopic (exact) mass is 468 g/mol. The average Bonchev–Trinajstić information content (AvgIpc) is 3.27. The summed E-state index contributed by atoms with van der Waals surface area (Å²) in [5.41, 5.74) is 2.37. The minimum absolute atomic E-state index is 0. The second kappa shape index (κ2) is 12.4. The van der Waals surface area contributed by atoms with Crippen molar-refractivity contribution < 1.29 is 4.79 Å². The molecule has 0 bridgehead atoms. The second-order valence-electron chi connectivity index (χ2n) is 8.38. The quantitative estimate of drug-likeness (QED) is 0.668. The summed E-state index contributed by atoms with van der Waals surface area (Å²) in [6.07, 6.45) is 10.3. The molecule has 0 atom stereocenters. The number of anilines is 1. The summed E-state index contributed by atoms with van der Waals surface area (Å²) in [5, 5.41) is 14.7. The van der Waals surface area contributed by atoms with E-state index in [2.05, 4.69) is 39.0 Å². The van der Waals surface area contributed by atoms with E-state index in [1.54, 1.807) is 6.20 Å². The number of nitrogens with zero attached hydrogens (tertiary/aromatic N) is 4. The van der Waals surface area contributed by atoms with Gasteiger partial charge in [-0.15, -0.1) is 29.9 Å². The lowest BCUT2D eigenvalue weighted by Gasteiger charge is -2.31. The second-order valence-corrected chi connectivity index (χ2v) is 8.38. The van der Waals surface area contributed by atoms with Gasteiger partial charge in [-0.05, 0) is 57.5 Å². The van der Waals surface area contributed by atoms with Crippen LogP contribution in [0.4, 0.5) is 5.69 Å². The van der Waals surface area contributed by atoms with Gasteiger partial charge in [-0.1, -0.05) is 42.7 Å². The molecule has 172 valence electrons. The molecule has 2 fully saturated rings. The predicted molar refractivity (Wildman–Crippen MR) is 128 cm³/mol. The summed E-state index contributed by atoms with van der Waals surface area (Å²) >= 11 is 0. The van der Waals surface area contributed by atoms with E-state index in [1.807, 2.05) is 22.9 Å². The number of hydrogen-bond acceptors (Lipinski definition) is 5. The lowest BCUT2D eigenvalue weighted by molar-refractivity contribution is 0.102. The largest absolute Gasteiger partial charge is 0.320 e. The first-order valence-corrected chi connectivity index (χ1v) is 10.9. The van der Waals surface area contributed by atoms with Crippen LogP contribution in [0.2, 0.25) is 0 Å². The summed E-state index contributed by atoms with van der Waals surface area (Å²) in [6.45, 7) is 2.80. The molecule has 0 spiro atoms. The zero-order valence-corrected chi connectivity index (χ0v) is 19.8. The highest BCUT2D eigenvalue weighted by molar-refractivity contribution is 6.03. The van der Waals surface area contributed by atoms with E-state index in [4.69, 9.17) is 0 Å². The van der Waals surface area contributed by atoms with Crippen LogP contribution in [0, 0.1) is 0 Å². The summed E-state index contributed by atoms with van der Waals surface area (Å²) in [4.78, 5) is 15.2. The van der Waals surface area contributed by atoms with Crippen molar-refractivity contribution in [2.45, 2.75) is 63.6 Å². The topological polar surface area (TPSA) is 75.1 Å². The van der Waals surface area contributed by atoms with Crippen LogP contribution < -0.4 is 10.6 Å². The van der Waals surface area contributed by atoms with E-state index in [9.17, 15) is 4.79 Å². The molecular formula is C22H34Cl2N6O. The molecule has 2 aliphatic rings. The van der Waals surface area contributed by atoms with Crippen molar-refractivity contribution in [3.63, 3.8) is 0 Å². The summed E-state index contributed by atoms with van der Waals surface area (Å²) in [6, 6.07) is 9.03. The zero-order valence-electron chi connectivity index (χ0n) is 18.1. The number of carbonyl (C=O) groups is 1. The van der Waals surface area contributed by atoms with Crippen LogP contribution >= 0.6 is 24.8 Å². The smallest absolute Gasteiger partial charge is 0.277 e. The van der Waals surface area contributed by atoms with Crippen molar-refractivity contribution in [1.82, 2.24) is 25.2 Å². The highest BCUT2D eigenvalue weighted by Gasteiger charge is 2.21. The molecule has 2 heterocycles. The van der Waals surface area contributed by atoms with E-state index >= 15 is 0 Å². The highest BCUT2D eigenvalue weighted by Crippen LogP contribution is 2.25. The molecule has 1 aliphatic carbocycles. The third-order valence-electron chi connectivity index (χ3n) is 6.31. The number of rotatable bonds is 6. The molecule has 31 heavy (non-hydrogen) atoms.